The van der Waals surface area contributed by atoms with Crippen molar-refractivity contribution in [3.8, 4) is 0 Å². The Hall–Kier alpha value is -0.630. The second kappa shape index (κ2) is 9.59. The Balaban J connectivity index is 3.58. The summed E-state index contributed by atoms with van der Waals surface area (Å²) in [7, 11) is 0. The lowest BCUT2D eigenvalue weighted by Gasteiger charge is -2.15. The van der Waals surface area contributed by atoms with Gasteiger partial charge in [-0.05, 0) is 44.6 Å². The molecule has 0 bridgehead atoms. The van der Waals surface area contributed by atoms with Crippen LogP contribution in [0.5, 0.6) is 0 Å². The fourth-order valence-corrected chi connectivity index (χ4v) is 1.47. The smallest absolute Gasteiger partial charge is 0.133 e. The van der Waals surface area contributed by atoms with E-state index in [0.717, 1.165) is 31.1 Å². The van der Waals surface area contributed by atoms with E-state index < -0.39 is 0 Å². The summed E-state index contributed by atoms with van der Waals surface area (Å²) in [5, 5.41) is 3.06. The molecule has 0 aliphatic rings. The van der Waals surface area contributed by atoms with Crippen molar-refractivity contribution < 1.29 is 4.79 Å². The van der Waals surface area contributed by atoms with E-state index in [9.17, 15) is 4.79 Å². The van der Waals surface area contributed by atoms with E-state index >= 15 is 0 Å². The minimum absolute atomic E-state index is 0.470. The molecule has 2 nitrogen and oxygen atoms in total. The van der Waals surface area contributed by atoms with E-state index in [1.165, 1.54) is 18.4 Å². The van der Waals surface area contributed by atoms with E-state index in [1.54, 1.807) is 0 Å². The van der Waals surface area contributed by atoms with E-state index in [-0.39, 0.29) is 0 Å². The molecule has 16 heavy (non-hydrogen) atoms. The average molecular weight is 225 g/mol. The fraction of sp³-hybridized carbons (Fsp3) is 0.786. The zero-order valence-electron chi connectivity index (χ0n) is 11.3. The Labute approximate surface area is 101 Å². The molecule has 0 aromatic heterocycles. The van der Waals surface area contributed by atoms with Crippen LogP contribution in [-0.2, 0) is 4.79 Å². The van der Waals surface area contributed by atoms with Gasteiger partial charge in [0.2, 0.25) is 0 Å². The predicted octanol–water partition coefficient (Wildman–Crippen LogP) is 3.18. The standard InChI is InChI=1S/C14H27NO/c1-12(2)14(4)8-7-13(3)6-5-9-15-10-11-16/h6,11-12,14-15H,5,7-10H2,1-4H3/b13-6+. The Morgan fingerprint density at radius 2 is 2.00 bits per heavy atom. The molecule has 0 spiro atoms. The van der Waals surface area contributed by atoms with Gasteiger partial charge in [0.15, 0.2) is 0 Å². The molecule has 1 N–H and O–H groups in total. The number of allylic oxidation sites excluding steroid dienone is 1. The predicted molar refractivity (Wildman–Crippen MR) is 70.5 cm³/mol. The maximum atomic E-state index is 10.1. The van der Waals surface area contributed by atoms with Gasteiger partial charge in [0.05, 0.1) is 6.54 Å². The van der Waals surface area contributed by atoms with Gasteiger partial charge >= 0.3 is 0 Å². The molecule has 0 saturated heterocycles. The molecule has 0 amide bonds. The lowest BCUT2D eigenvalue weighted by Crippen LogP contribution is -2.16. The van der Waals surface area contributed by atoms with Crippen molar-refractivity contribution in [3.63, 3.8) is 0 Å². The number of carbonyl (C=O) groups excluding carboxylic acids is 1. The summed E-state index contributed by atoms with van der Waals surface area (Å²) in [5.74, 6) is 1.58. The van der Waals surface area contributed by atoms with Crippen LogP contribution >= 0.6 is 0 Å². The van der Waals surface area contributed by atoms with Crippen LogP contribution in [-0.4, -0.2) is 19.4 Å². The van der Waals surface area contributed by atoms with Gasteiger partial charge in [0.1, 0.15) is 6.29 Å². The highest BCUT2D eigenvalue weighted by molar-refractivity contribution is 5.51. The van der Waals surface area contributed by atoms with Gasteiger partial charge in [-0.25, -0.2) is 0 Å². The summed E-state index contributed by atoms with van der Waals surface area (Å²) in [5.41, 5.74) is 1.47. The van der Waals surface area contributed by atoms with Gasteiger partial charge in [-0.3, -0.25) is 0 Å². The maximum absolute atomic E-state index is 10.1. The molecule has 94 valence electrons. The van der Waals surface area contributed by atoms with E-state index in [2.05, 4.69) is 39.1 Å². The first-order valence-corrected chi connectivity index (χ1v) is 6.38. The topological polar surface area (TPSA) is 29.1 Å². The van der Waals surface area contributed by atoms with Crippen molar-refractivity contribution in [2.45, 2.75) is 47.0 Å². The van der Waals surface area contributed by atoms with Crippen LogP contribution in [0.3, 0.4) is 0 Å². The molecule has 2 heteroatoms. The van der Waals surface area contributed by atoms with Crippen LogP contribution in [0, 0.1) is 11.8 Å². The molecular formula is C14H27NO. The molecule has 1 unspecified atom stereocenters. The molecule has 0 aromatic carbocycles. The summed E-state index contributed by atoms with van der Waals surface area (Å²) < 4.78 is 0. The van der Waals surface area contributed by atoms with Crippen LogP contribution in [0.1, 0.15) is 47.0 Å². The number of hydrogen-bond acceptors (Lipinski definition) is 2. The average Bonchev–Trinajstić information content (AvgIpc) is 2.25. The van der Waals surface area contributed by atoms with Crippen molar-refractivity contribution in [2.75, 3.05) is 13.1 Å². The summed E-state index contributed by atoms with van der Waals surface area (Å²) in [6, 6.07) is 0. The minimum Gasteiger partial charge on any atom is -0.310 e. The molecule has 0 fully saturated rings. The zero-order chi connectivity index (χ0) is 12.4. The van der Waals surface area contributed by atoms with Gasteiger partial charge in [-0.2, -0.15) is 0 Å². The molecule has 0 aliphatic carbocycles. The lowest BCUT2D eigenvalue weighted by molar-refractivity contribution is -0.107. The molecular weight excluding hydrogens is 198 g/mol. The molecule has 0 aliphatic heterocycles. The van der Waals surface area contributed by atoms with Crippen LogP contribution in [0.25, 0.3) is 0 Å². The monoisotopic (exact) mass is 225 g/mol. The first kappa shape index (κ1) is 15.4. The Bertz CT molecular complexity index is 209. The largest absolute Gasteiger partial charge is 0.310 e. The van der Waals surface area contributed by atoms with E-state index in [0.29, 0.717) is 6.54 Å². The summed E-state index contributed by atoms with van der Waals surface area (Å²) in [4.78, 5) is 10.1. The SMILES string of the molecule is C/C(=C\CCNCC=O)CCC(C)C(C)C. The maximum Gasteiger partial charge on any atom is 0.133 e. The van der Waals surface area contributed by atoms with Crippen molar-refractivity contribution in [1.82, 2.24) is 5.32 Å². The van der Waals surface area contributed by atoms with E-state index in [1.807, 2.05) is 0 Å². The van der Waals surface area contributed by atoms with Crippen molar-refractivity contribution in [3.05, 3.63) is 11.6 Å². The van der Waals surface area contributed by atoms with Crippen LogP contribution in [0.15, 0.2) is 11.6 Å². The van der Waals surface area contributed by atoms with Gasteiger partial charge < -0.3 is 10.1 Å². The van der Waals surface area contributed by atoms with E-state index in [4.69, 9.17) is 0 Å². The summed E-state index contributed by atoms with van der Waals surface area (Å²) >= 11 is 0. The number of rotatable bonds is 9. The van der Waals surface area contributed by atoms with Gasteiger partial charge in [0.25, 0.3) is 0 Å². The van der Waals surface area contributed by atoms with Crippen molar-refractivity contribution in [2.24, 2.45) is 11.8 Å². The van der Waals surface area contributed by atoms with Crippen molar-refractivity contribution >= 4 is 6.29 Å². The van der Waals surface area contributed by atoms with Gasteiger partial charge in [0, 0.05) is 0 Å². The molecule has 1 atom stereocenters. The Morgan fingerprint density at radius 1 is 1.31 bits per heavy atom. The first-order chi connectivity index (χ1) is 7.57. The highest BCUT2D eigenvalue weighted by Gasteiger charge is 2.06. The third-order valence-corrected chi connectivity index (χ3v) is 3.17. The fourth-order valence-electron chi connectivity index (χ4n) is 1.47. The third-order valence-electron chi connectivity index (χ3n) is 3.17. The first-order valence-electron chi connectivity index (χ1n) is 6.38. The normalized spacial score (nSPS) is 14.2. The summed E-state index contributed by atoms with van der Waals surface area (Å²) in [6.07, 6.45) is 6.69. The quantitative estimate of drug-likeness (QED) is 0.371. The Kier molecular flexibility index (Phi) is 9.21. The second-order valence-electron chi connectivity index (χ2n) is 4.97. The number of hydrogen-bond donors (Lipinski definition) is 1. The Morgan fingerprint density at radius 3 is 2.56 bits per heavy atom. The van der Waals surface area contributed by atoms with Crippen LogP contribution < -0.4 is 5.32 Å². The number of carbonyl (C=O) groups is 1. The van der Waals surface area contributed by atoms with Crippen LogP contribution in [0.2, 0.25) is 0 Å². The molecule has 0 heterocycles. The van der Waals surface area contributed by atoms with Crippen molar-refractivity contribution in [1.29, 1.82) is 0 Å². The summed E-state index contributed by atoms with van der Waals surface area (Å²) in [6.45, 7) is 10.5. The molecule has 0 aromatic rings. The molecule has 0 radical (unpaired) electrons. The van der Waals surface area contributed by atoms with Gasteiger partial charge in [-0.1, -0.05) is 32.4 Å². The zero-order valence-corrected chi connectivity index (χ0v) is 11.3. The molecule has 0 saturated carbocycles. The van der Waals surface area contributed by atoms with Crippen LogP contribution in [0.4, 0.5) is 0 Å². The lowest BCUT2D eigenvalue weighted by atomic mass is 9.91. The highest BCUT2D eigenvalue weighted by atomic mass is 16.1. The third kappa shape index (κ3) is 8.66. The second-order valence-corrected chi connectivity index (χ2v) is 4.97. The highest BCUT2D eigenvalue weighted by Crippen LogP contribution is 2.18. The number of nitrogens with one attached hydrogen (secondary N) is 1. The van der Waals surface area contributed by atoms with Gasteiger partial charge in [-0.15, -0.1) is 0 Å². The molecule has 0 rings (SSSR count). The number of aldehydes is 1. The minimum atomic E-state index is 0.470.